The average Bonchev–Trinajstić information content (AvgIpc) is 2.83. The first-order chi connectivity index (χ1) is 10.1. The van der Waals surface area contributed by atoms with E-state index < -0.39 is 0 Å². The second-order valence-electron chi connectivity index (χ2n) is 6.70. The quantitative estimate of drug-likeness (QED) is 0.900. The Hall–Kier alpha value is -1.20. The molecule has 1 unspecified atom stereocenters. The van der Waals surface area contributed by atoms with Crippen LogP contribution < -0.4 is 5.32 Å². The molecule has 2 aliphatic rings. The summed E-state index contributed by atoms with van der Waals surface area (Å²) < 4.78 is 6.09. The van der Waals surface area contributed by atoms with Gasteiger partial charge >= 0.3 is 0 Å². The highest BCUT2D eigenvalue weighted by Gasteiger charge is 2.52. The van der Waals surface area contributed by atoms with Gasteiger partial charge in [0.15, 0.2) is 0 Å². The number of anilines is 1. The van der Waals surface area contributed by atoms with E-state index in [9.17, 15) is 0 Å². The van der Waals surface area contributed by atoms with E-state index in [2.05, 4.69) is 34.0 Å². The van der Waals surface area contributed by atoms with Crippen LogP contribution in [-0.2, 0) is 4.74 Å². The summed E-state index contributed by atoms with van der Waals surface area (Å²) in [5, 5.41) is 3.33. The summed E-state index contributed by atoms with van der Waals surface area (Å²) in [6.07, 6.45) is 6.01. The monoisotopic (exact) mass is 290 g/mol. The van der Waals surface area contributed by atoms with Gasteiger partial charge in [0.2, 0.25) is 5.95 Å². The smallest absolute Gasteiger partial charge is 0.222 e. The van der Waals surface area contributed by atoms with E-state index >= 15 is 0 Å². The number of rotatable bonds is 5. The van der Waals surface area contributed by atoms with Gasteiger partial charge in [-0.1, -0.05) is 0 Å². The largest absolute Gasteiger partial charge is 0.372 e. The maximum absolute atomic E-state index is 6.09. The highest BCUT2D eigenvalue weighted by atomic mass is 16.5. The minimum absolute atomic E-state index is 0.125. The standard InChI is InChI=1S/C16H26N4O/c1-12(2)20-10-16(11-20)14(5-7-21-16)4-6-17-15-18-8-13(3)9-19-15/h8-9,12,14H,4-7,10-11H2,1-3H3,(H,17,18,19). The van der Waals surface area contributed by atoms with Crippen molar-refractivity contribution < 1.29 is 4.74 Å². The molecule has 0 aromatic carbocycles. The maximum Gasteiger partial charge on any atom is 0.222 e. The first-order valence-electron chi connectivity index (χ1n) is 7.99. The molecule has 1 spiro atoms. The second kappa shape index (κ2) is 5.89. The van der Waals surface area contributed by atoms with Gasteiger partial charge in [-0.05, 0) is 45.1 Å². The number of aryl methyl sites for hydroxylation is 1. The first-order valence-corrected chi connectivity index (χ1v) is 7.99. The molecule has 0 aliphatic carbocycles. The Morgan fingerprint density at radius 2 is 2.10 bits per heavy atom. The number of nitrogens with zero attached hydrogens (tertiary/aromatic N) is 3. The molecule has 1 aromatic rings. The van der Waals surface area contributed by atoms with Crippen molar-refractivity contribution in [3.8, 4) is 0 Å². The fourth-order valence-electron chi connectivity index (χ4n) is 3.39. The molecule has 0 bridgehead atoms. The van der Waals surface area contributed by atoms with Crippen LogP contribution in [0.3, 0.4) is 0 Å². The fraction of sp³-hybridized carbons (Fsp3) is 0.750. The molecular weight excluding hydrogens is 264 g/mol. The van der Waals surface area contributed by atoms with Crippen LogP contribution in [0.2, 0.25) is 0 Å². The van der Waals surface area contributed by atoms with Crippen LogP contribution in [0.4, 0.5) is 5.95 Å². The number of likely N-dealkylation sites (tertiary alicyclic amines) is 1. The molecule has 5 heteroatoms. The predicted molar refractivity (Wildman–Crippen MR) is 83.4 cm³/mol. The van der Waals surface area contributed by atoms with Crippen molar-refractivity contribution in [3.05, 3.63) is 18.0 Å². The van der Waals surface area contributed by atoms with Crippen LogP contribution >= 0.6 is 0 Å². The predicted octanol–water partition coefficient (Wildman–Crippen LogP) is 2.09. The molecule has 1 N–H and O–H groups in total. The second-order valence-corrected chi connectivity index (χ2v) is 6.70. The topological polar surface area (TPSA) is 50.3 Å². The molecule has 1 atom stereocenters. The normalized spacial score (nSPS) is 24.5. The summed E-state index contributed by atoms with van der Waals surface area (Å²) in [6.45, 7) is 10.5. The lowest BCUT2D eigenvalue weighted by molar-refractivity contribution is -0.143. The Labute approximate surface area is 127 Å². The van der Waals surface area contributed by atoms with E-state index in [1.54, 1.807) is 0 Å². The van der Waals surface area contributed by atoms with Gasteiger partial charge < -0.3 is 10.1 Å². The third-order valence-electron chi connectivity index (χ3n) is 4.83. The molecule has 0 saturated carbocycles. The molecule has 21 heavy (non-hydrogen) atoms. The van der Waals surface area contributed by atoms with Crippen molar-refractivity contribution in [2.24, 2.45) is 5.92 Å². The van der Waals surface area contributed by atoms with Crippen molar-refractivity contribution in [2.75, 3.05) is 31.6 Å². The molecule has 3 heterocycles. The van der Waals surface area contributed by atoms with Gasteiger partial charge in [0.1, 0.15) is 0 Å². The van der Waals surface area contributed by atoms with Crippen LogP contribution in [0.15, 0.2) is 12.4 Å². The Kier molecular flexibility index (Phi) is 4.13. The van der Waals surface area contributed by atoms with Crippen LogP contribution in [-0.4, -0.2) is 52.8 Å². The van der Waals surface area contributed by atoms with Crippen LogP contribution in [0.1, 0.15) is 32.3 Å². The van der Waals surface area contributed by atoms with Crippen molar-refractivity contribution in [1.29, 1.82) is 0 Å². The minimum atomic E-state index is 0.125. The molecule has 2 aliphatic heterocycles. The van der Waals surface area contributed by atoms with Crippen molar-refractivity contribution in [3.63, 3.8) is 0 Å². The van der Waals surface area contributed by atoms with Gasteiger partial charge in [-0.15, -0.1) is 0 Å². The summed E-state index contributed by atoms with van der Waals surface area (Å²) >= 11 is 0. The number of aromatic nitrogens is 2. The SMILES string of the molecule is Cc1cnc(NCCC2CCOC23CN(C(C)C)C3)nc1. The summed E-state index contributed by atoms with van der Waals surface area (Å²) in [7, 11) is 0. The van der Waals surface area contributed by atoms with Crippen LogP contribution in [0.25, 0.3) is 0 Å². The summed E-state index contributed by atoms with van der Waals surface area (Å²) in [4.78, 5) is 11.1. The number of ether oxygens (including phenoxy) is 1. The van der Waals surface area contributed by atoms with E-state index in [1.165, 1.54) is 6.42 Å². The Bertz CT molecular complexity index is 468. The third kappa shape index (κ3) is 3.04. The van der Waals surface area contributed by atoms with Gasteiger partial charge in [-0.3, -0.25) is 4.90 Å². The van der Waals surface area contributed by atoms with Crippen LogP contribution in [0, 0.1) is 12.8 Å². The number of hydrogen-bond acceptors (Lipinski definition) is 5. The Morgan fingerprint density at radius 3 is 2.76 bits per heavy atom. The van der Waals surface area contributed by atoms with Gasteiger partial charge in [0.25, 0.3) is 0 Å². The zero-order valence-electron chi connectivity index (χ0n) is 13.3. The summed E-state index contributed by atoms with van der Waals surface area (Å²) in [5.41, 5.74) is 1.21. The molecule has 3 rings (SSSR count). The lowest BCUT2D eigenvalue weighted by atomic mass is 9.78. The van der Waals surface area contributed by atoms with E-state index in [1.807, 2.05) is 19.3 Å². The maximum atomic E-state index is 6.09. The number of hydrogen-bond donors (Lipinski definition) is 1. The molecule has 5 nitrogen and oxygen atoms in total. The zero-order chi connectivity index (χ0) is 14.9. The Balaban J connectivity index is 1.48. The molecule has 1 aromatic heterocycles. The third-order valence-corrected chi connectivity index (χ3v) is 4.83. The molecule has 116 valence electrons. The van der Waals surface area contributed by atoms with Crippen molar-refractivity contribution in [2.45, 2.75) is 45.3 Å². The van der Waals surface area contributed by atoms with Crippen molar-refractivity contribution in [1.82, 2.24) is 14.9 Å². The molecule has 0 amide bonds. The van der Waals surface area contributed by atoms with Gasteiger partial charge in [0.05, 0.1) is 5.60 Å². The van der Waals surface area contributed by atoms with Crippen LogP contribution in [0.5, 0.6) is 0 Å². The van der Waals surface area contributed by atoms with Crippen molar-refractivity contribution >= 4 is 5.95 Å². The van der Waals surface area contributed by atoms with E-state index in [0.717, 1.165) is 44.2 Å². The van der Waals surface area contributed by atoms with E-state index in [4.69, 9.17) is 4.74 Å². The lowest BCUT2D eigenvalue weighted by Crippen LogP contribution is -2.66. The number of nitrogens with one attached hydrogen (secondary N) is 1. The zero-order valence-corrected chi connectivity index (χ0v) is 13.3. The fourth-order valence-corrected chi connectivity index (χ4v) is 3.39. The van der Waals surface area contributed by atoms with Gasteiger partial charge in [-0.25, -0.2) is 9.97 Å². The minimum Gasteiger partial charge on any atom is -0.372 e. The van der Waals surface area contributed by atoms with E-state index in [-0.39, 0.29) is 5.60 Å². The highest BCUT2D eigenvalue weighted by molar-refractivity contribution is 5.24. The van der Waals surface area contributed by atoms with Gasteiger partial charge in [-0.2, -0.15) is 0 Å². The first kappa shape index (κ1) is 14.7. The lowest BCUT2D eigenvalue weighted by Gasteiger charge is -2.52. The summed E-state index contributed by atoms with van der Waals surface area (Å²) in [6, 6.07) is 0.625. The molecular formula is C16H26N4O. The molecule has 0 radical (unpaired) electrons. The highest BCUT2D eigenvalue weighted by Crippen LogP contribution is 2.42. The Morgan fingerprint density at radius 1 is 1.38 bits per heavy atom. The molecule has 2 fully saturated rings. The van der Waals surface area contributed by atoms with Gasteiger partial charge in [0, 0.05) is 44.7 Å². The van der Waals surface area contributed by atoms with E-state index in [0.29, 0.717) is 12.0 Å². The average molecular weight is 290 g/mol. The molecule has 2 saturated heterocycles. The summed E-state index contributed by atoms with van der Waals surface area (Å²) in [5.74, 6) is 1.39.